The fourth-order valence-electron chi connectivity index (χ4n) is 2.26. The number of hydrogen-bond acceptors (Lipinski definition) is 4. The highest BCUT2D eigenvalue weighted by atomic mass is 16.5. The molecule has 0 saturated heterocycles. The van der Waals surface area contributed by atoms with Crippen molar-refractivity contribution in [1.29, 1.82) is 0 Å². The van der Waals surface area contributed by atoms with Crippen molar-refractivity contribution in [3.63, 3.8) is 0 Å². The SMILES string of the molecule is COc1cccc(OCC(=O)NCC(=O)Nc2c(C)cccc2C)c1. The lowest BCUT2D eigenvalue weighted by molar-refractivity contribution is -0.125. The number of amides is 2. The topological polar surface area (TPSA) is 76.7 Å². The van der Waals surface area contributed by atoms with Crippen LogP contribution in [0.5, 0.6) is 11.5 Å². The zero-order chi connectivity index (χ0) is 18.2. The largest absolute Gasteiger partial charge is 0.497 e. The number of hydrogen-bond donors (Lipinski definition) is 2. The van der Waals surface area contributed by atoms with Crippen LogP contribution in [0.15, 0.2) is 42.5 Å². The highest BCUT2D eigenvalue weighted by molar-refractivity contribution is 5.95. The Labute approximate surface area is 147 Å². The normalized spacial score (nSPS) is 10.0. The zero-order valence-electron chi connectivity index (χ0n) is 14.6. The zero-order valence-corrected chi connectivity index (χ0v) is 14.6. The third kappa shape index (κ3) is 5.53. The highest BCUT2D eigenvalue weighted by Gasteiger charge is 2.09. The molecule has 0 bridgehead atoms. The number of rotatable bonds is 7. The maximum absolute atomic E-state index is 12.0. The van der Waals surface area contributed by atoms with Crippen LogP contribution in [0.1, 0.15) is 11.1 Å². The van der Waals surface area contributed by atoms with Crippen molar-refractivity contribution in [2.24, 2.45) is 0 Å². The molecule has 0 saturated carbocycles. The average Bonchev–Trinajstić information content (AvgIpc) is 2.61. The highest BCUT2D eigenvalue weighted by Crippen LogP contribution is 2.19. The molecule has 25 heavy (non-hydrogen) atoms. The Bertz CT molecular complexity index is 739. The molecule has 0 aliphatic rings. The summed E-state index contributed by atoms with van der Waals surface area (Å²) in [6, 6.07) is 12.7. The maximum atomic E-state index is 12.0. The first-order valence-electron chi connectivity index (χ1n) is 7.89. The second-order valence-electron chi connectivity index (χ2n) is 5.56. The molecule has 0 aliphatic carbocycles. The van der Waals surface area contributed by atoms with Crippen molar-refractivity contribution in [3.8, 4) is 11.5 Å². The molecule has 0 fully saturated rings. The number of methoxy groups -OCH3 is 1. The molecule has 0 radical (unpaired) electrons. The second-order valence-corrected chi connectivity index (χ2v) is 5.56. The first-order chi connectivity index (χ1) is 12.0. The lowest BCUT2D eigenvalue weighted by atomic mass is 10.1. The lowest BCUT2D eigenvalue weighted by Crippen LogP contribution is -2.36. The van der Waals surface area contributed by atoms with E-state index in [4.69, 9.17) is 9.47 Å². The first-order valence-corrected chi connectivity index (χ1v) is 7.89. The summed E-state index contributed by atoms with van der Waals surface area (Å²) >= 11 is 0. The van der Waals surface area contributed by atoms with Gasteiger partial charge < -0.3 is 20.1 Å². The Morgan fingerprint density at radius 3 is 2.28 bits per heavy atom. The molecule has 0 heterocycles. The molecular formula is C19H22N2O4. The summed E-state index contributed by atoms with van der Waals surface area (Å²) in [5, 5.41) is 5.34. The van der Waals surface area contributed by atoms with Crippen molar-refractivity contribution in [2.45, 2.75) is 13.8 Å². The summed E-state index contributed by atoms with van der Waals surface area (Å²) in [6.07, 6.45) is 0. The average molecular weight is 342 g/mol. The van der Waals surface area contributed by atoms with E-state index in [1.54, 1.807) is 31.4 Å². The minimum atomic E-state index is -0.375. The van der Waals surface area contributed by atoms with Gasteiger partial charge in [0.2, 0.25) is 5.91 Å². The molecule has 0 aliphatic heterocycles. The van der Waals surface area contributed by atoms with E-state index >= 15 is 0 Å². The van der Waals surface area contributed by atoms with Gasteiger partial charge in [-0.15, -0.1) is 0 Å². The van der Waals surface area contributed by atoms with E-state index in [1.165, 1.54) is 0 Å². The Hall–Kier alpha value is -3.02. The number of ether oxygens (including phenoxy) is 2. The number of carbonyl (C=O) groups is 2. The number of nitrogens with one attached hydrogen (secondary N) is 2. The predicted octanol–water partition coefficient (Wildman–Crippen LogP) is 2.45. The fourth-order valence-corrected chi connectivity index (χ4v) is 2.26. The summed E-state index contributed by atoms with van der Waals surface area (Å²) in [5.74, 6) is 0.506. The van der Waals surface area contributed by atoms with Gasteiger partial charge in [-0.1, -0.05) is 24.3 Å². The molecule has 6 nitrogen and oxygen atoms in total. The molecule has 132 valence electrons. The minimum absolute atomic E-state index is 0.117. The van der Waals surface area contributed by atoms with Gasteiger partial charge in [-0.2, -0.15) is 0 Å². The number of anilines is 1. The van der Waals surface area contributed by atoms with Gasteiger partial charge in [-0.05, 0) is 37.1 Å². The van der Waals surface area contributed by atoms with Gasteiger partial charge in [-0.25, -0.2) is 0 Å². The summed E-state index contributed by atoms with van der Waals surface area (Å²) in [5.41, 5.74) is 2.72. The standard InChI is InChI=1S/C19H22N2O4/c1-13-6-4-7-14(2)19(13)21-17(22)11-20-18(23)12-25-16-9-5-8-15(10-16)24-3/h4-10H,11-12H2,1-3H3,(H,20,23)(H,21,22). The van der Waals surface area contributed by atoms with Crippen LogP contribution < -0.4 is 20.1 Å². The number of para-hydroxylation sites is 1. The molecule has 0 spiro atoms. The van der Waals surface area contributed by atoms with Crippen molar-refractivity contribution in [1.82, 2.24) is 5.32 Å². The van der Waals surface area contributed by atoms with Crippen LogP contribution in [0.2, 0.25) is 0 Å². The Morgan fingerprint density at radius 1 is 0.960 bits per heavy atom. The summed E-state index contributed by atoms with van der Waals surface area (Å²) in [7, 11) is 1.56. The minimum Gasteiger partial charge on any atom is -0.497 e. The van der Waals surface area contributed by atoms with Gasteiger partial charge in [0.15, 0.2) is 6.61 Å². The Morgan fingerprint density at radius 2 is 1.60 bits per heavy atom. The van der Waals surface area contributed by atoms with Crippen LogP contribution in [-0.2, 0) is 9.59 Å². The molecule has 0 aromatic heterocycles. The van der Waals surface area contributed by atoms with Crippen LogP contribution in [0.3, 0.4) is 0 Å². The molecule has 0 atom stereocenters. The van der Waals surface area contributed by atoms with Crippen molar-refractivity contribution in [2.75, 3.05) is 25.6 Å². The second kappa shape index (κ2) is 8.73. The summed E-state index contributed by atoms with van der Waals surface area (Å²) in [6.45, 7) is 3.55. The van der Waals surface area contributed by atoms with E-state index in [9.17, 15) is 9.59 Å². The van der Waals surface area contributed by atoms with Crippen molar-refractivity contribution in [3.05, 3.63) is 53.6 Å². The summed E-state index contributed by atoms with van der Waals surface area (Å²) < 4.78 is 10.5. The van der Waals surface area contributed by atoms with Crippen LogP contribution in [0.4, 0.5) is 5.69 Å². The van der Waals surface area contributed by atoms with Crippen LogP contribution in [-0.4, -0.2) is 32.1 Å². The molecule has 6 heteroatoms. The molecule has 2 rings (SSSR count). The van der Waals surface area contributed by atoms with E-state index in [2.05, 4.69) is 10.6 Å². The van der Waals surface area contributed by atoms with Gasteiger partial charge in [0.25, 0.3) is 5.91 Å². The third-order valence-electron chi connectivity index (χ3n) is 3.60. The quantitative estimate of drug-likeness (QED) is 0.810. The molecule has 2 aromatic carbocycles. The lowest BCUT2D eigenvalue weighted by Gasteiger charge is -2.12. The number of carbonyl (C=O) groups excluding carboxylic acids is 2. The molecule has 2 aromatic rings. The van der Waals surface area contributed by atoms with Gasteiger partial charge in [0.1, 0.15) is 11.5 Å². The smallest absolute Gasteiger partial charge is 0.258 e. The maximum Gasteiger partial charge on any atom is 0.258 e. The fraction of sp³-hybridized carbons (Fsp3) is 0.263. The van der Waals surface area contributed by atoms with Gasteiger partial charge in [0, 0.05) is 11.8 Å². The Kier molecular flexibility index (Phi) is 6.39. The van der Waals surface area contributed by atoms with Crippen molar-refractivity contribution < 1.29 is 19.1 Å². The number of aryl methyl sites for hydroxylation is 2. The van der Waals surface area contributed by atoms with E-state index in [0.29, 0.717) is 11.5 Å². The van der Waals surface area contributed by atoms with Gasteiger partial charge in [0.05, 0.1) is 13.7 Å². The monoisotopic (exact) mass is 342 g/mol. The van der Waals surface area contributed by atoms with E-state index in [1.807, 2.05) is 32.0 Å². The third-order valence-corrected chi connectivity index (χ3v) is 3.60. The Balaban J connectivity index is 1.78. The van der Waals surface area contributed by atoms with Crippen LogP contribution >= 0.6 is 0 Å². The van der Waals surface area contributed by atoms with Crippen LogP contribution in [0.25, 0.3) is 0 Å². The molecule has 0 unspecified atom stereocenters. The predicted molar refractivity (Wildman–Crippen MR) is 96.0 cm³/mol. The molecule has 2 amide bonds. The van der Waals surface area contributed by atoms with Crippen LogP contribution in [0, 0.1) is 13.8 Å². The van der Waals surface area contributed by atoms with Crippen molar-refractivity contribution >= 4 is 17.5 Å². The molecule has 2 N–H and O–H groups in total. The van der Waals surface area contributed by atoms with E-state index in [-0.39, 0.29) is 25.0 Å². The number of benzene rings is 2. The van der Waals surface area contributed by atoms with Gasteiger partial charge in [-0.3, -0.25) is 9.59 Å². The molecular weight excluding hydrogens is 320 g/mol. The first kappa shape index (κ1) is 18.3. The van der Waals surface area contributed by atoms with E-state index < -0.39 is 0 Å². The summed E-state index contributed by atoms with van der Waals surface area (Å²) in [4.78, 5) is 23.8. The van der Waals surface area contributed by atoms with E-state index in [0.717, 1.165) is 16.8 Å². The van der Waals surface area contributed by atoms with Gasteiger partial charge >= 0.3 is 0 Å².